The molecule has 1 aliphatic heterocycles. The van der Waals surface area contributed by atoms with Crippen molar-refractivity contribution in [3.8, 4) is 0 Å². The van der Waals surface area contributed by atoms with Gasteiger partial charge in [-0.15, -0.1) is 0 Å². The van der Waals surface area contributed by atoms with Gasteiger partial charge < -0.3 is 5.11 Å². The number of likely N-dealkylation sites (tertiary alicyclic amines) is 1. The Morgan fingerprint density at radius 2 is 2.19 bits per heavy atom. The molecule has 5 heteroatoms. The van der Waals surface area contributed by atoms with Crippen LogP contribution in [-0.2, 0) is 6.54 Å². The summed E-state index contributed by atoms with van der Waals surface area (Å²) in [6.45, 7) is 1.35. The number of benzene rings is 1. The number of aliphatic hydroxyl groups is 1. The van der Waals surface area contributed by atoms with Crippen molar-refractivity contribution in [1.82, 2.24) is 4.90 Å². The van der Waals surface area contributed by atoms with Gasteiger partial charge in [0.25, 0.3) is 0 Å². The number of hydrogen-bond donors (Lipinski definition) is 1. The maximum Gasteiger partial charge on any atom is 0.144 e. The third-order valence-corrected chi connectivity index (χ3v) is 3.38. The van der Waals surface area contributed by atoms with E-state index in [4.69, 9.17) is 0 Å². The number of nitrogens with zero attached hydrogens (tertiary/aromatic N) is 1. The average molecular weight is 292 g/mol. The lowest BCUT2D eigenvalue weighted by Crippen LogP contribution is -2.22. The fraction of sp³-hybridized carbons (Fsp3) is 0.455. The Labute approximate surface area is 101 Å². The van der Waals surface area contributed by atoms with Gasteiger partial charge >= 0.3 is 0 Å². The highest BCUT2D eigenvalue weighted by Gasteiger charge is 2.23. The SMILES string of the molecule is O[C@H]1CCN(Cc2c(F)ccc(Br)c2F)C1. The third kappa shape index (κ3) is 2.42. The van der Waals surface area contributed by atoms with Gasteiger partial charge in [-0.2, -0.15) is 0 Å². The smallest absolute Gasteiger partial charge is 0.144 e. The molecule has 88 valence electrons. The van der Waals surface area contributed by atoms with Crippen LogP contribution >= 0.6 is 15.9 Å². The van der Waals surface area contributed by atoms with Crippen molar-refractivity contribution >= 4 is 15.9 Å². The molecule has 1 aromatic carbocycles. The summed E-state index contributed by atoms with van der Waals surface area (Å²) in [4.78, 5) is 1.85. The Hall–Kier alpha value is -0.520. The van der Waals surface area contributed by atoms with Crippen LogP contribution < -0.4 is 0 Å². The highest BCUT2D eigenvalue weighted by atomic mass is 79.9. The lowest BCUT2D eigenvalue weighted by atomic mass is 10.2. The van der Waals surface area contributed by atoms with E-state index in [1.807, 2.05) is 4.90 Å². The molecule has 0 spiro atoms. The van der Waals surface area contributed by atoms with Crippen LogP contribution in [0.3, 0.4) is 0 Å². The number of aliphatic hydroxyl groups excluding tert-OH is 1. The second kappa shape index (κ2) is 4.77. The summed E-state index contributed by atoms with van der Waals surface area (Å²) in [5.41, 5.74) is 0.0588. The average Bonchev–Trinajstić information content (AvgIpc) is 2.65. The topological polar surface area (TPSA) is 23.5 Å². The molecule has 2 rings (SSSR count). The molecule has 0 amide bonds. The van der Waals surface area contributed by atoms with Crippen molar-refractivity contribution < 1.29 is 13.9 Å². The highest BCUT2D eigenvalue weighted by molar-refractivity contribution is 9.10. The highest BCUT2D eigenvalue weighted by Crippen LogP contribution is 2.24. The lowest BCUT2D eigenvalue weighted by molar-refractivity contribution is 0.174. The van der Waals surface area contributed by atoms with E-state index in [1.54, 1.807) is 0 Å². The molecule has 1 saturated heterocycles. The summed E-state index contributed by atoms with van der Waals surface area (Å²) in [5.74, 6) is -1.09. The summed E-state index contributed by atoms with van der Waals surface area (Å²) in [7, 11) is 0. The van der Waals surface area contributed by atoms with E-state index in [0.29, 0.717) is 19.5 Å². The Morgan fingerprint density at radius 3 is 2.81 bits per heavy atom. The Balaban J connectivity index is 2.18. The second-order valence-corrected chi connectivity index (χ2v) is 4.85. The minimum Gasteiger partial charge on any atom is -0.392 e. The monoisotopic (exact) mass is 291 g/mol. The summed E-state index contributed by atoms with van der Waals surface area (Å²) < 4.78 is 27.3. The van der Waals surface area contributed by atoms with E-state index in [2.05, 4.69) is 15.9 Å². The number of β-amino-alcohol motifs (C(OH)–C–C–N with tert-alkyl or cyclic N) is 1. The fourth-order valence-corrected chi connectivity index (χ4v) is 2.26. The fourth-order valence-electron chi connectivity index (χ4n) is 1.89. The van der Waals surface area contributed by atoms with Crippen LogP contribution in [-0.4, -0.2) is 29.2 Å². The number of rotatable bonds is 2. The first-order valence-electron chi connectivity index (χ1n) is 5.10. The first-order chi connectivity index (χ1) is 7.58. The molecule has 0 bridgehead atoms. The lowest BCUT2D eigenvalue weighted by Gasteiger charge is -2.16. The molecule has 1 aliphatic rings. The van der Waals surface area contributed by atoms with E-state index in [-0.39, 0.29) is 22.7 Å². The molecule has 0 radical (unpaired) electrons. The zero-order chi connectivity index (χ0) is 11.7. The first kappa shape index (κ1) is 12.0. The van der Waals surface area contributed by atoms with Gasteiger partial charge in [0.15, 0.2) is 0 Å². The van der Waals surface area contributed by atoms with Crippen LogP contribution in [0.2, 0.25) is 0 Å². The molecule has 0 unspecified atom stereocenters. The van der Waals surface area contributed by atoms with Crippen LogP contribution in [0.15, 0.2) is 16.6 Å². The summed E-state index contributed by atoms with van der Waals surface area (Å²) in [6, 6.07) is 2.60. The maximum absolute atomic E-state index is 13.6. The predicted molar refractivity (Wildman–Crippen MR) is 60.0 cm³/mol. The maximum atomic E-state index is 13.6. The van der Waals surface area contributed by atoms with E-state index < -0.39 is 11.6 Å². The van der Waals surface area contributed by atoms with Crippen molar-refractivity contribution in [2.24, 2.45) is 0 Å². The van der Waals surface area contributed by atoms with E-state index in [0.717, 1.165) is 0 Å². The Bertz CT molecular complexity index is 400. The van der Waals surface area contributed by atoms with Crippen molar-refractivity contribution in [1.29, 1.82) is 0 Å². The van der Waals surface area contributed by atoms with Gasteiger partial charge in [0.05, 0.1) is 10.6 Å². The largest absolute Gasteiger partial charge is 0.392 e. The van der Waals surface area contributed by atoms with Crippen LogP contribution in [0, 0.1) is 11.6 Å². The molecule has 1 aromatic rings. The Kier molecular flexibility index (Phi) is 3.56. The van der Waals surface area contributed by atoms with Gasteiger partial charge in [-0.25, -0.2) is 8.78 Å². The zero-order valence-electron chi connectivity index (χ0n) is 8.59. The molecule has 1 heterocycles. The third-order valence-electron chi connectivity index (χ3n) is 2.77. The van der Waals surface area contributed by atoms with Gasteiger partial charge in [-0.1, -0.05) is 0 Å². The first-order valence-corrected chi connectivity index (χ1v) is 5.90. The van der Waals surface area contributed by atoms with Crippen molar-refractivity contribution in [2.45, 2.75) is 19.1 Å². The minimum absolute atomic E-state index is 0.0588. The van der Waals surface area contributed by atoms with E-state index >= 15 is 0 Å². The quantitative estimate of drug-likeness (QED) is 0.845. The molecule has 1 fully saturated rings. The van der Waals surface area contributed by atoms with Gasteiger partial charge in [-0.05, 0) is 34.5 Å². The van der Waals surface area contributed by atoms with E-state index in [9.17, 15) is 13.9 Å². The van der Waals surface area contributed by atoms with Crippen molar-refractivity contribution in [2.75, 3.05) is 13.1 Å². The van der Waals surface area contributed by atoms with Gasteiger partial charge in [0.2, 0.25) is 0 Å². The zero-order valence-corrected chi connectivity index (χ0v) is 10.2. The molecule has 1 N–H and O–H groups in total. The Morgan fingerprint density at radius 1 is 1.44 bits per heavy atom. The van der Waals surface area contributed by atoms with Gasteiger partial charge in [-0.3, -0.25) is 4.90 Å². The van der Waals surface area contributed by atoms with Crippen LogP contribution in [0.5, 0.6) is 0 Å². The number of hydrogen-bond acceptors (Lipinski definition) is 2. The summed E-state index contributed by atoms with van der Waals surface area (Å²) >= 11 is 3.03. The molecule has 0 saturated carbocycles. The summed E-state index contributed by atoms with van der Waals surface area (Å²) in [6.07, 6.45) is 0.287. The van der Waals surface area contributed by atoms with E-state index in [1.165, 1.54) is 12.1 Å². The predicted octanol–water partition coefficient (Wildman–Crippen LogP) is 2.29. The molecule has 0 aromatic heterocycles. The van der Waals surface area contributed by atoms with Crippen molar-refractivity contribution in [3.63, 3.8) is 0 Å². The molecular formula is C11H12BrF2NO. The van der Waals surface area contributed by atoms with Crippen LogP contribution in [0.25, 0.3) is 0 Å². The number of halogens is 3. The summed E-state index contributed by atoms with van der Waals surface area (Å²) in [5, 5.41) is 9.33. The van der Waals surface area contributed by atoms with Crippen LogP contribution in [0.1, 0.15) is 12.0 Å². The van der Waals surface area contributed by atoms with Gasteiger partial charge in [0.1, 0.15) is 11.6 Å². The molecule has 16 heavy (non-hydrogen) atoms. The van der Waals surface area contributed by atoms with Crippen LogP contribution in [0.4, 0.5) is 8.78 Å². The molecular weight excluding hydrogens is 280 g/mol. The molecule has 0 aliphatic carbocycles. The minimum atomic E-state index is -0.554. The second-order valence-electron chi connectivity index (χ2n) is 4.00. The normalized spacial score (nSPS) is 21.6. The van der Waals surface area contributed by atoms with Gasteiger partial charge in [0, 0.05) is 25.2 Å². The molecule has 1 atom stereocenters. The standard InChI is InChI=1S/C11H12BrF2NO/c12-9-1-2-10(13)8(11(9)14)6-15-4-3-7(16)5-15/h1-2,7,16H,3-6H2/t7-/m0/s1. The van der Waals surface area contributed by atoms with Crippen molar-refractivity contribution in [3.05, 3.63) is 33.8 Å². The molecule has 2 nitrogen and oxygen atoms in total.